The highest BCUT2D eigenvalue weighted by molar-refractivity contribution is 5.80. The number of aromatic nitrogens is 6. The number of hydrogen-bond donors (Lipinski definition) is 3. The molecule has 2 heterocycles. The normalized spacial score (nSPS) is 10.2. The van der Waals surface area contributed by atoms with E-state index in [1.807, 2.05) is 13.8 Å². The quantitative estimate of drug-likeness (QED) is 0.620. The molecule has 0 unspecified atom stereocenters. The van der Waals surface area contributed by atoms with Crippen LogP contribution in [0.15, 0.2) is 12.7 Å². The van der Waals surface area contributed by atoms with E-state index in [0.717, 1.165) is 0 Å². The Kier molecular flexibility index (Phi) is 4.96. The zero-order valence-corrected chi connectivity index (χ0v) is 11.9. The van der Waals surface area contributed by atoms with Crippen LogP contribution >= 0.6 is 0 Å². The molecule has 112 valence electrons. The molecule has 0 aliphatic heterocycles. The van der Waals surface area contributed by atoms with Crippen LogP contribution in [-0.2, 0) is 4.79 Å². The minimum absolute atomic E-state index is 0.0835. The van der Waals surface area contributed by atoms with Crippen LogP contribution in [0.25, 0.3) is 5.95 Å². The van der Waals surface area contributed by atoms with Gasteiger partial charge in [-0.3, -0.25) is 4.79 Å². The number of likely N-dealkylation sites (N-methyl/N-ethyl adjacent to an activating group) is 1. The van der Waals surface area contributed by atoms with Crippen LogP contribution < -0.4 is 16.0 Å². The molecule has 0 aliphatic rings. The fourth-order valence-electron chi connectivity index (χ4n) is 1.51. The van der Waals surface area contributed by atoms with Crippen LogP contribution in [0.1, 0.15) is 13.8 Å². The van der Waals surface area contributed by atoms with Crippen molar-refractivity contribution < 1.29 is 4.79 Å². The second kappa shape index (κ2) is 7.12. The fraction of sp³-hybridized carbons (Fsp3) is 0.455. The summed E-state index contributed by atoms with van der Waals surface area (Å²) in [5, 5.41) is 12.5. The molecular weight excluding hydrogens is 274 g/mol. The molecule has 2 aromatic rings. The predicted molar refractivity (Wildman–Crippen MR) is 76.1 cm³/mol. The van der Waals surface area contributed by atoms with Gasteiger partial charge >= 0.3 is 0 Å². The number of anilines is 2. The third-order valence-electron chi connectivity index (χ3n) is 2.36. The van der Waals surface area contributed by atoms with Crippen LogP contribution in [0.4, 0.5) is 11.9 Å². The molecule has 0 saturated carbocycles. The molecule has 10 nitrogen and oxygen atoms in total. The van der Waals surface area contributed by atoms with Gasteiger partial charge in [0, 0.05) is 13.1 Å². The number of nitrogens with one attached hydrogen (secondary N) is 3. The Morgan fingerprint density at radius 1 is 1.14 bits per heavy atom. The van der Waals surface area contributed by atoms with E-state index in [0.29, 0.717) is 25.0 Å². The average molecular weight is 291 g/mol. The minimum atomic E-state index is -0.134. The van der Waals surface area contributed by atoms with Crippen molar-refractivity contribution in [3.05, 3.63) is 12.7 Å². The lowest BCUT2D eigenvalue weighted by atomic mass is 10.5. The Hall–Kier alpha value is -2.78. The van der Waals surface area contributed by atoms with E-state index in [4.69, 9.17) is 0 Å². The smallest absolute Gasteiger partial charge is 0.258 e. The van der Waals surface area contributed by atoms with Gasteiger partial charge in [0.1, 0.15) is 12.7 Å². The van der Waals surface area contributed by atoms with Crippen LogP contribution in [-0.4, -0.2) is 55.3 Å². The first-order valence-electron chi connectivity index (χ1n) is 6.58. The maximum absolute atomic E-state index is 11.5. The zero-order valence-electron chi connectivity index (χ0n) is 11.9. The van der Waals surface area contributed by atoms with E-state index in [9.17, 15) is 4.79 Å². The van der Waals surface area contributed by atoms with Gasteiger partial charge in [-0.15, -0.1) is 0 Å². The topological polar surface area (TPSA) is 123 Å². The Morgan fingerprint density at radius 3 is 2.52 bits per heavy atom. The summed E-state index contributed by atoms with van der Waals surface area (Å²) in [5.41, 5.74) is 0. The highest BCUT2D eigenvalue weighted by atomic mass is 16.1. The monoisotopic (exact) mass is 291 g/mol. The fourth-order valence-corrected chi connectivity index (χ4v) is 1.51. The summed E-state index contributed by atoms with van der Waals surface area (Å²) in [4.78, 5) is 27.9. The molecule has 1 amide bonds. The van der Waals surface area contributed by atoms with E-state index in [1.165, 1.54) is 17.3 Å². The number of nitrogens with zero attached hydrogens (tertiary/aromatic N) is 6. The van der Waals surface area contributed by atoms with Gasteiger partial charge in [0.15, 0.2) is 0 Å². The summed E-state index contributed by atoms with van der Waals surface area (Å²) >= 11 is 0. The van der Waals surface area contributed by atoms with Crippen molar-refractivity contribution in [1.82, 2.24) is 35.0 Å². The summed E-state index contributed by atoms with van der Waals surface area (Å²) in [6.45, 7) is 5.11. The van der Waals surface area contributed by atoms with Gasteiger partial charge in [-0.2, -0.15) is 24.7 Å². The molecule has 0 fully saturated rings. The van der Waals surface area contributed by atoms with E-state index < -0.39 is 0 Å². The average Bonchev–Trinajstić information content (AvgIpc) is 3.00. The first-order chi connectivity index (χ1) is 10.2. The molecule has 0 bridgehead atoms. The van der Waals surface area contributed by atoms with Gasteiger partial charge in [-0.25, -0.2) is 4.98 Å². The van der Waals surface area contributed by atoms with Crippen LogP contribution in [0, 0.1) is 0 Å². The number of amides is 1. The Balaban J connectivity index is 2.17. The van der Waals surface area contributed by atoms with E-state index in [-0.39, 0.29) is 18.4 Å². The van der Waals surface area contributed by atoms with Crippen molar-refractivity contribution in [1.29, 1.82) is 0 Å². The lowest BCUT2D eigenvalue weighted by Crippen LogP contribution is -2.30. The largest absolute Gasteiger partial charge is 0.355 e. The Labute approximate surface area is 121 Å². The van der Waals surface area contributed by atoms with Crippen LogP contribution in [0.2, 0.25) is 0 Å². The number of rotatable bonds is 7. The van der Waals surface area contributed by atoms with Gasteiger partial charge in [-0.1, -0.05) is 0 Å². The van der Waals surface area contributed by atoms with Crippen molar-refractivity contribution in [3.8, 4) is 5.95 Å². The van der Waals surface area contributed by atoms with E-state index in [2.05, 4.69) is 41.0 Å². The molecule has 0 saturated heterocycles. The minimum Gasteiger partial charge on any atom is -0.355 e. The summed E-state index contributed by atoms with van der Waals surface area (Å²) in [6.07, 6.45) is 2.87. The molecule has 0 aromatic carbocycles. The first kappa shape index (κ1) is 14.6. The summed E-state index contributed by atoms with van der Waals surface area (Å²) < 4.78 is 1.42. The van der Waals surface area contributed by atoms with E-state index >= 15 is 0 Å². The van der Waals surface area contributed by atoms with Crippen molar-refractivity contribution in [2.75, 3.05) is 30.3 Å². The van der Waals surface area contributed by atoms with Crippen molar-refractivity contribution in [2.45, 2.75) is 13.8 Å². The molecule has 10 heteroatoms. The van der Waals surface area contributed by atoms with Gasteiger partial charge in [0.2, 0.25) is 17.8 Å². The summed E-state index contributed by atoms with van der Waals surface area (Å²) in [6, 6.07) is 0. The predicted octanol–water partition coefficient (Wildman–Crippen LogP) is -0.568. The lowest BCUT2D eigenvalue weighted by Gasteiger charge is -2.09. The van der Waals surface area contributed by atoms with Crippen LogP contribution in [0.3, 0.4) is 0 Å². The molecular formula is C11H17N9O. The second-order valence-electron chi connectivity index (χ2n) is 3.96. The molecule has 21 heavy (non-hydrogen) atoms. The van der Waals surface area contributed by atoms with Crippen molar-refractivity contribution in [3.63, 3.8) is 0 Å². The molecule has 0 aliphatic carbocycles. The number of carbonyl (C=O) groups is 1. The van der Waals surface area contributed by atoms with Gasteiger partial charge in [0.25, 0.3) is 5.95 Å². The molecule has 2 aromatic heterocycles. The molecule has 0 atom stereocenters. The SMILES string of the molecule is CCNC(=O)CNc1nc(NCC)nc(-n2cncn2)n1. The van der Waals surface area contributed by atoms with Gasteiger partial charge < -0.3 is 16.0 Å². The Morgan fingerprint density at radius 2 is 1.90 bits per heavy atom. The second-order valence-corrected chi connectivity index (χ2v) is 3.96. The number of hydrogen-bond acceptors (Lipinski definition) is 8. The first-order valence-corrected chi connectivity index (χ1v) is 6.58. The third-order valence-corrected chi connectivity index (χ3v) is 2.36. The molecule has 0 spiro atoms. The third kappa shape index (κ3) is 4.09. The summed E-state index contributed by atoms with van der Waals surface area (Å²) in [5.74, 6) is 0.871. The van der Waals surface area contributed by atoms with Crippen molar-refractivity contribution in [2.24, 2.45) is 0 Å². The maximum atomic E-state index is 11.5. The van der Waals surface area contributed by atoms with Gasteiger partial charge in [-0.05, 0) is 13.8 Å². The standard InChI is InChI=1S/C11H17N9O/c1-3-13-8(21)5-15-10-17-9(14-4-2)18-11(19-10)20-7-12-6-16-20/h6-7H,3-5H2,1-2H3,(H,13,21)(H2,14,15,17,18,19). The van der Waals surface area contributed by atoms with E-state index in [1.54, 1.807) is 0 Å². The summed E-state index contributed by atoms with van der Waals surface area (Å²) in [7, 11) is 0. The zero-order chi connectivity index (χ0) is 15.1. The molecule has 0 radical (unpaired) electrons. The van der Waals surface area contributed by atoms with Gasteiger partial charge in [0.05, 0.1) is 6.54 Å². The molecule has 3 N–H and O–H groups in total. The van der Waals surface area contributed by atoms with Crippen LogP contribution in [0.5, 0.6) is 0 Å². The lowest BCUT2D eigenvalue weighted by molar-refractivity contribution is -0.119. The molecule has 2 rings (SSSR count). The highest BCUT2D eigenvalue weighted by Crippen LogP contribution is 2.07. The maximum Gasteiger partial charge on any atom is 0.258 e. The Bertz CT molecular complexity index is 583. The van der Waals surface area contributed by atoms with Crippen molar-refractivity contribution >= 4 is 17.8 Å². The number of carbonyl (C=O) groups excluding carboxylic acids is 1. The highest BCUT2D eigenvalue weighted by Gasteiger charge is 2.09.